The fraction of sp³-hybridized carbons (Fsp3) is 0.429. The second-order valence-electron chi connectivity index (χ2n) is 7.33. The van der Waals surface area contributed by atoms with Crippen LogP contribution in [-0.4, -0.2) is 28.3 Å². The molecule has 0 saturated carbocycles. The highest BCUT2D eigenvalue weighted by Gasteiger charge is 2.30. The molecular weight excluding hydrogens is 356 g/mol. The first-order valence-corrected chi connectivity index (χ1v) is 9.23. The van der Waals surface area contributed by atoms with E-state index in [-0.39, 0.29) is 12.5 Å². The Balaban J connectivity index is 2.24. The fourth-order valence-corrected chi connectivity index (χ4v) is 3.12. The van der Waals surface area contributed by atoms with Crippen molar-refractivity contribution in [3.8, 4) is 23.1 Å². The van der Waals surface area contributed by atoms with Crippen molar-refractivity contribution in [3.05, 3.63) is 41.9 Å². The fourth-order valence-electron chi connectivity index (χ4n) is 3.12. The van der Waals surface area contributed by atoms with Crippen LogP contribution in [0.15, 0.2) is 30.6 Å². The van der Waals surface area contributed by atoms with Crippen LogP contribution in [0.4, 0.5) is 4.79 Å². The van der Waals surface area contributed by atoms with Crippen molar-refractivity contribution in [2.24, 2.45) is 11.7 Å². The van der Waals surface area contributed by atoms with Gasteiger partial charge in [-0.3, -0.25) is 0 Å². The first kappa shape index (κ1) is 21.2. The number of ether oxygens (including phenoxy) is 2. The minimum atomic E-state index is -0.881. The SMILES string of the molecule is CCc1cc(-c2ccc(OCC(C)(CC(C)C)OC(N)=O)c(C#N)c2)ncn1. The van der Waals surface area contributed by atoms with Crippen LogP contribution in [0, 0.1) is 17.2 Å². The van der Waals surface area contributed by atoms with Gasteiger partial charge in [-0.15, -0.1) is 0 Å². The van der Waals surface area contributed by atoms with E-state index in [1.54, 1.807) is 19.1 Å². The Hall–Kier alpha value is -3.14. The maximum Gasteiger partial charge on any atom is 0.405 e. The lowest BCUT2D eigenvalue weighted by molar-refractivity contribution is -0.0186. The summed E-state index contributed by atoms with van der Waals surface area (Å²) >= 11 is 0. The van der Waals surface area contributed by atoms with E-state index in [9.17, 15) is 10.1 Å². The number of aromatic nitrogens is 2. The van der Waals surface area contributed by atoms with E-state index in [0.29, 0.717) is 17.7 Å². The summed E-state index contributed by atoms with van der Waals surface area (Å²) in [5.41, 5.74) is 7.18. The van der Waals surface area contributed by atoms with Gasteiger partial charge < -0.3 is 15.2 Å². The zero-order valence-corrected chi connectivity index (χ0v) is 16.7. The number of primary amides is 1. The molecule has 0 aliphatic carbocycles. The molecule has 0 radical (unpaired) electrons. The molecule has 2 rings (SSSR count). The Morgan fingerprint density at radius 2 is 2.07 bits per heavy atom. The molecule has 0 aliphatic heterocycles. The molecule has 1 amide bonds. The van der Waals surface area contributed by atoms with Gasteiger partial charge in [0.25, 0.3) is 0 Å². The predicted molar refractivity (Wildman–Crippen MR) is 106 cm³/mol. The molecule has 28 heavy (non-hydrogen) atoms. The number of hydrogen-bond acceptors (Lipinski definition) is 6. The van der Waals surface area contributed by atoms with Crippen molar-refractivity contribution >= 4 is 6.09 Å². The molecule has 7 nitrogen and oxygen atoms in total. The van der Waals surface area contributed by atoms with Crippen molar-refractivity contribution in [1.82, 2.24) is 9.97 Å². The molecule has 0 aliphatic rings. The average Bonchev–Trinajstić information content (AvgIpc) is 2.65. The van der Waals surface area contributed by atoms with Crippen LogP contribution in [0.25, 0.3) is 11.3 Å². The van der Waals surface area contributed by atoms with Crippen LogP contribution < -0.4 is 10.5 Å². The summed E-state index contributed by atoms with van der Waals surface area (Å²) in [5, 5.41) is 9.54. The number of benzene rings is 1. The topological polar surface area (TPSA) is 111 Å². The van der Waals surface area contributed by atoms with Crippen molar-refractivity contribution in [1.29, 1.82) is 5.26 Å². The number of nitrogens with zero attached hydrogens (tertiary/aromatic N) is 3. The summed E-state index contributed by atoms with van der Waals surface area (Å²) in [7, 11) is 0. The molecule has 1 aromatic carbocycles. The van der Waals surface area contributed by atoms with Gasteiger partial charge in [-0.1, -0.05) is 20.8 Å². The average molecular weight is 382 g/mol. The van der Waals surface area contributed by atoms with E-state index in [2.05, 4.69) is 16.0 Å². The van der Waals surface area contributed by atoms with Gasteiger partial charge in [0.05, 0.1) is 11.3 Å². The minimum absolute atomic E-state index is 0.0929. The zero-order valence-electron chi connectivity index (χ0n) is 16.7. The van der Waals surface area contributed by atoms with Gasteiger partial charge in [0.15, 0.2) is 0 Å². The molecule has 1 atom stereocenters. The van der Waals surface area contributed by atoms with Crippen LogP contribution in [0.5, 0.6) is 5.75 Å². The molecule has 0 bridgehead atoms. The standard InChI is InChI=1S/C21H26N4O3/c1-5-17-9-18(25-13-24-17)15-6-7-19(16(8-15)11-22)27-12-21(4,10-14(2)3)28-20(23)26/h6-9,13-14H,5,10,12H2,1-4H3,(H2,23,26). The molecule has 0 saturated heterocycles. The van der Waals surface area contributed by atoms with Gasteiger partial charge in [0.1, 0.15) is 30.4 Å². The summed E-state index contributed by atoms with van der Waals surface area (Å²) in [6.07, 6.45) is 2.05. The molecule has 2 aromatic rings. The molecule has 1 aromatic heterocycles. The Labute approximate surface area is 165 Å². The highest BCUT2D eigenvalue weighted by molar-refractivity contribution is 5.65. The lowest BCUT2D eigenvalue weighted by Crippen LogP contribution is -2.41. The van der Waals surface area contributed by atoms with Crippen molar-refractivity contribution in [2.75, 3.05) is 6.61 Å². The van der Waals surface area contributed by atoms with E-state index in [4.69, 9.17) is 15.2 Å². The maximum atomic E-state index is 11.3. The zero-order chi connectivity index (χ0) is 20.7. The number of hydrogen-bond donors (Lipinski definition) is 1. The summed E-state index contributed by atoms with van der Waals surface area (Å²) in [4.78, 5) is 19.7. The van der Waals surface area contributed by atoms with Gasteiger partial charge in [0.2, 0.25) is 0 Å². The van der Waals surface area contributed by atoms with Gasteiger partial charge in [-0.05, 0) is 49.9 Å². The number of nitrogens with two attached hydrogens (primary N) is 1. The van der Waals surface area contributed by atoms with E-state index < -0.39 is 11.7 Å². The Kier molecular flexibility index (Phi) is 6.94. The third-order valence-corrected chi connectivity index (χ3v) is 4.20. The molecule has 0 spiro atoms. The van der Waals surface area contributed by atoms with E-state index in [1.807, 2.05) is 32.9 Å². The highest BCUT2D eigenvalue weighted by Crippen LogP contribution is 2.28. The summed E-state index contributed by atoms with van der Waals surface area (Å²) in [5.74, 6) is 0.690. The molecular formula is C21H26N4O3. The number of amides is 1. The number of rotatable bonds is 8. The predicted octanol–water partition coefficient (Wildman–Crippen LogP) is 3.86. The van der Waals surface area contributed by atoms with E-state index >= 15 is 0 Å². The third-order valence-electron chi connectivity index (χ3n) is 4.20. The molecule has 148 valence electrons. The lowest BCUT2D eigenvalue weighted by atomic mass is 9.95. The Morgan fingerprint density at radius 3 is 2.68 bits per heavy atom. The summed E-state index contributed by atoms with van der Waals surface area (Å²) in [6, 6.07) is 9.34. The lowest BCUT2D eigenvalue weighted by Gasteiger charge is -2.30. The van der Waals surface area contributed by atoms with Crippen molar-refractivity contribution in [3.63, 3.8) is 0 Å². The number of aryl methyl sites for hydroxylation is 1. The minimum Gasteiger partial charge on any atom is -0.488 e. The second kappa shape index (κ2) is 9.18. The van der Waals surface area contributed by atoms with Crippen molar-refractivity contribution in [2.45, 2.75) is 46.1 Å². The summed E-state index contributed by atoms with van der Waals surface area (Å²) < 4.78 is 11.1. The number of carbonyl (C=O) groups is 1. The van der Waals surface area contributed by atoms with Gasteiger partial charge in [-0.25, -0.2) is 14.8 Å². The Bertz CT molecular complexity index is 876. The van der Waals surface area contributed by atoms with Crippen LogP contribution >= 0.6 is 0 Å². The molecule has 0 fully saturated rings. The summed E-state index contributed by atoms with van der Waals surface area (Å²) in [6.45, 7) is 7.92. The Morgan fingerprint density at radius 1 is 1.32 bits per heavy atom. The van der Waals surface area contributed by atoms with Gasteiger partial charge in [-0.2, -0.15) is 5.26 Å². The van der Waals surface area contributed by atoms with Gasteiger partial charge in [0, 0.05) is 11.3 Å². The van der Waals surface area contributed by atoms with Crippen LogP contribution in [0.1, 0.15) is 45.4 Å². The van der Waals surface area contributed by atoms with Crippen LogP contribution in [0.2, 0.25) is 0 Å². The second-order valence-corrected chi connectivity index (χ2v) is 7.33. The van der Waals surface area contributed by atoms with E-state index in [1.165, 1.54) is 6.33 Å². The normalized spacial score (nSPS) is 12.9. The van der Waals surface area contributed by atoms with E-state index in [0.717, 1.165) is 23.4 Å². The molecule has 1 unspecified atom stereocenters. The number of carbonyl (C=O) groups excluding carboxylic acids is 1. The highest BCUT2D eigenvalue weighted by atomic mass is 16.6. The quantitative estimate of drug-likeness (QED) is 0.742. The van der Waals surface area contributed by atoms with Gasteiger partial charge >= 0.3 is 6.09 Å². The first-order valence-electron chi connectivity index (χ1n) is 9.23. The molecule has 2 N–H and O–H groups in total. The molecule has 7 heteroatoms. The third kappa shape index (κ3) is 5.68. The maximum absolute atomic E-state index is 11.3. The van der Waals surface area contributed by atoms with Crippen molar-refractivity contribution < 1.29 is 14.3 Å². The monoisotopic (exact) mass is 382 g/mol. The smallest absolute Gasteiger partial charge is 0.405 e. The largest absolute Gasteiger partial charge is 0.488 e. The molecule has 1 heterocycles. The van der Waals surface area contributed by atoms with Crippen LogP contribution in [-0.2, 0) is 11.2 Å². The number of nitriles is 1. The first-order chi connectivity index (χ1) is 13.3. The van der Waals surface area contributed by atoms with Crippen LogP contribution in [0.3, 0.4) is 0 Å².